The van der Waals surface area contributed by atoms with Crippen LogP contribution in [0.1, 0.15) is 0 Å². The van der Waals surface area contributed by atoms with Gasteiger partial charge in [-0.1, -0.05) is 12.1 Å². The minimum atomic E-state index is 0.175. The highest BCUT2D eigenvalue weighted by molar-refractivity contribution is 5.74. The molecule has 0 bridgehead atoms. The van der Waals surface area contributed by atoms with Crippen molar-refractivity contribution in [1.29, 1.82) is 0 Å². The summed E-state index contributed by atoms with van der Waals surface area (Å²) in [4.78, 5) is 6.70. The SMILES string of the molecule is CNCC1CN(c2nnc3ccccc3n2)CCO1. The molecule has 0 amide bonds. The Morgan fingerprint density at radius 2 is 2.16 bits per heavy atom. The van der Waals surface area contributed by atoms with Gasteiger partial charge in [0.15, 0.2) is 0 Å². The van der Waals surface area contributed by atoms with Crippen molar-refractivity contribution in [2.75, 3.05) is 38.2 Å². The molecule has 100 valence electrons. The van der Waals surface area contributed by atoms with E-state index in [2.05, 4.69) is 25.4 Å². The van der Waals surface area contributed by atoms with Crippen LogP contribution in [0.2, 0.25) is 0 Å². The first-order valence-corrected chi connectivity index (χ1v) is 6.47. The summed E-state index contributed by atoms with van der Waals surface area (Å²) in [6.45, 7) is 3.13. The zero-order chi connectivity index (χ0) is 13.1. The number of nitrogens with zero attached hydrogens (tertiary/aromatic N) is 4. The monoisotopic (exact) mass is 259 g/mol. The van der Waals surface area contributed by atoms with E-state index in [1.165, 1.54) is 0 Å². The van der Waals surface area contributed by atoms with E-state index in [1.54, 1.807) is 0 Å². The second-order valence-electron chi connectivity index (χ2n) is 4.60. The first kappa shape index (κ1) is 12.3. The second-order valence-corrected chi connectivity index (χ2v) is 4.60. The molecule has 1 fully saturated rings. The first-order valence-electron chi connectivity index (χ1n) is 6.47. The van der Waals surface area contributed by atoms with Gasteiger partial charge in [0.2, 0.25) is 5.95 Å². The summed E-state index contributed by atoms with van der Waals surface area (Å²) < 4.78 is 5.68. The number of likely N-dealkylation sites (N-methyl/N-ethyl adjacent to an activating group) is 1. The topological polar surface area (TPSA) is 63.2 Å². The van der Waals surface area contributed by atoms with Gasteiger partial charge in [-0.3, -0.25) is 0 Å². The second kappa shape index (κ2) is 5.46. The van der Waals surface area contributed by atoms with Crippen molar-refractivity contribution in [3.05, 3.63) is 24.3 Å². The van der Waals surface area contributed by atoms with E-state index in [0.717, 1.165) is 30.7 Å². The number of para-hydroxylation sites is 1. The molecule has 6 heteroatoms. The molecule has 1 aromatic carbocycles. The number of anilines is 1. The van der Waals surface area contributed by atoms with Crippen LogP contribution in [0.25, 0.3) is 11.0 Å². The van der Waals surface area contributed by atoms with Crippen LogP contribution in [-0.4, -0.2) is 54.6 Å². The Morgan fingerprint density at radius 3 is 3.00 bits per heavy atom. The Kier molecular flexibility index (Phi) is 3.52. The van der Waals surface area contributed by atoms with Crippen LogP contribution in [-0.2, 0) is 4.74 Å². The van der Waals surface area contributed by atoms with Crippen LogP contribution in [0.3, 0.4) is 0 Å². The smallest absolute Gasteiger partial charge is 0.246 e. The van der Waals surface area contributed by atoms with Crippen molar-refractivity contribution < 1.29 is 4.74 Å². The quantitative estimate of drug-likeness (QED) is 0.863. The Morgan fingerprint density at radius 1 is 1.32 bits per heavy atom. The van der Waals surface area contributed by atoms with Gasteiger partial charge < -0.3 is 15.0 Å². The Labute approximate surface area is 111 Å². The predicted octanol–water partition coefficient (Wildman–Crippen LogP) is 0.449. The van der Waals surface area contributed by atoms with E-state index < -0.39 is 0 Å². The highest BCUT2D eigenvalue weighted by Gasteiger charge is 2.22. The van der Waals surface area contributed by atoms with Gasteiger partial charge in [0.1, 0.15) is 5.52 Å². The number of nitrogens with one attached hydrogen (secondary N) is 1. The van der Waals surface area contributed by atoms with Crippen molar-refractivity contribution in [3.8, 4) is 0 Å². The molecular weight excluding hydrogens is 242 g/mol. The summed E-state index contributed by atoms with van der Waals surface area (Å²) in [7, 11) is 1.93. The Bertz CT molecular complexity index is 559. The number of fused-ring (bicyclic) bond motifs is 1. The molecule has 2 aromatic rings. The predicted molar refractivity (Wildman–Crippen MR) is 73.2 cm³/mol. The van der Waals surface area contributed by atoms with E-state index in [4.69, 9.17) is 4.74 Å². The lowest BCUT2D eigenvalue weighted by Crippen LogP contribution is -2.46. The fourth-order valence-corrected chi connectivity index (χ4v) is 2.26. The van der Waals surface area contributed by atoms with Crippen LogP contribution < -0.4 is 10.2 Å². The zero-order valence-electron chi connectivity index (χ0n) is 10.9. The molecule has 1 aromatic heterocycles. The van der Waals surface area contributed by atoms with Crippen LogP contribution >= 0.6 is 0 Å². The Hall–Kier alpha value is -1.79. The molecule has 1 aliphatic rings. The van der Waals surface area contributed by atoms with Crippen LogP contribution in [0.15, 0.2) is 24.3 Å². The molecule has 3 rings (SSSR count). The summed E-state index contributed by atoms with van der Waals surface area (Å²) in [5.74, 6) is 0.683. The van der Waals surface area contributed by atoms with E-state index in [0.29, 0.717) is 12.6 Å². The van der Waals surface area contributed by atoms with Crippen molar-refractivity contribution in [3.63, 3.8) is 0 Å². The number of aromatic nitrogens is 3. The third-order valence-electron chi connectivity index (χ3n) is 3.20. The third kappa shape index (κ3) is 2.64. The van der Waals surface area contributed by atoms with Gasteiger partial charge >= 0.3 is 0 Å². The van der Waals surface area contributed by atoms with E-state index in [1.807, 2.05) is 31.3 Å². The number of hydrogen-bond acceptors (Lipinski definition) is 6. The molecule has 0 aliphatic carbocycles. The van der Waals surface area contributed by atoms with Crippen molar-refractivity contribution >= 4 is 17.0 Å². The van der Waals surface area contributed by atoms with Gasteiger partial charge in [-0.25, -0.2) is 4.98 Å². The van der Waals surface area contributed by atoms with E-state index in [-0.39, 0.29) is 6.10 Å². The summed E-state index contributed by atoms with van der Waals surface area (Å²) in [5, 5.41) is 11.6. The molecule has 1 atom stereocenters. The molecule has 2 heterocycles. The first-order chi connectivity index (χ1) is 9.36. The average molecular weight is 259 g/mol. The largest absolute Gasteiger partial charge is 0.373 e. The summed E-state index contributed by atoms with van der Waals surface area (Å²) >= 11 is 0. The molecule has 1 N–H and O–H groups in total. The number of hydrogen-bond donors (Lipinski definition) is 1. The minimum absolute atomic E-state index is 0.175. The molecule has 1 unspecified atom stereocenters. The van der Waals surface area contributed by atoms with Crippen LogP contribution in [0, 0.1) is 0 Å². The van der Waals surface area contributed by atoms with Crippen molar-refractivity contribution in [1.82, 2.24) is 20.5 Å². The van der Waals surface area contributed by atoms with Gasteiger partial charge in [0, 0.05) is 19.6 Å². The Balaban J connectivity index is 1.83. The fraction of sp³-hybridized carbons (Fsp3) is 0.462. The third-order valence-corrected chi connectivity index (χ3v) is 3.20. The van der Waals surface area contributed by atoms with E-state index in [9.17, 15) is 0 Å². The number of benzene rings is 1. The summed E-state index contributed by atoms with van der Waals surface area (Å²) in [5.41, 5.74) is 1.70. The normalized spacial score (nSPS) is 19.8. The standard InChI is InChI=1S/C13H17N5O/c1-14-8-10-9-18(6-7-19-10)13-15-11-4-2-3-5-12(11)16-17-13/h2-5,10,14H,6-9H2,1H3. The molecule has 0 saturated carbocycles. The molecular formula is C13H17N5O. The van der Waals surface area contributed by atoms with Crippen molar-refractivity contribution in [2.24, 2.45) is 0 Å². The zero-order valence-corrected chi connectivity index (χ0v) is 10.9. The highest BCUT2D eigenvalue weighted by Crippen LogP contribution is 2.15. The highest BCUT2D eigenvalue weighted by atomic mass is 16.5. The van der Waals surface area contributed by atoms with E-state index >= 15 is 0 Å². The lowest BCUT2D eigenvalue weighted by atomic mass is 10.3. The molecule has 1 saturated heterocycles. The number of ether oxygens (including phenoxy) is 1. The number of morpholine rings is 1. The van der Waals surface area contributed by atoms with Gasteiger partial charge in [0.05, 0.1) is 18.2 Å². The molecule has 6 nitrogen and oxygen atoms in total. The lowest BCUT2D eigenvalue weighted by molar-refractivity contribution is 0.0416. The maximum Gasteiger partial charge on any atom is 0.246 e. The van der Waals surface area contributed by atoms with Gasteiger partial charge in [-0.15, -0.1) is 10.2 Å². The fourth-order valence-electron chi connectivity index (χ4n) is 2.26. The maximum absolute atomic E-state index is 5.68. The van der Waals surface area contributed by atoms with Gasteiger partial charge in [0.25, 0.3) is 0 Å². The molecule has 19 heavy (non-hydrogen) atoms. The van der Waals surface area contributed by atoms with Crippen LogP contribution in [0.5, 0.6) is 0 Å². The molecule has 1 aliphatic heterocycles. The van der Waals surface area contributed by atoms with Gasteiger partial charge in [-0.2, -0.15) is 0 Å². The molecule has 0 radical (unpaired) electrons. The molecule has 0 spiro atoms. The van der Waals surface area contributed by atoms with Gasteiger partial charge in [-0.05, 0) is 19.2 Å². The lowest BCUT2D eigenvalue weighted by Gasteiger charge is -2.32. The summed E-state index contributed by atoms with van der Waals surface area (Å²) in [6.07, 6.45) is 0.175. The number of rotatable bonds is 3. The average Bonchev–Trinajstić information content (AvgIpc) is 2.47. The van der Waals surface area contributed by atoms with Crippen molar-refractivity contribution in [2.45, 2.75) is 6.10 Å². The minimum Gasteiger partial charge on any atom is -0.373 e. The van der Waals surface area contributed by atoms with Crippen LogP contribution in [0.4, 0.5) is 5.95 Å². The summed E-state index contributed by atoms with van der Waals surface area (Å²) in [6, 6.07) is 7.78. The maximum atomic E-state index is 5.68.